The largest absolute Gasteiger partial charge is 0.347 e. The molecule has 2 aliphatic rings. The van der Waals surface area contributed by atoms with Crippen molar-refractivity contribution in [2.24, 2.45) is 0 Å². The van der Waals surface area contributed by atoms with E-state index in [0.717, 1.165) is 40.1 Å². The molecule has 3 heterocycles. The molecule has 24 heavy (non-hydrogen) atoms. The van der Waals surface area contributed by atoms with Crippen molar-refractivity contribution >= 4 is 32.6 Å². The van der Waals surface area contributed by atoms with E-state index in [9.17, 15) is 0 Å². The second kappa shape index (κ2) is 7.50. The summed E-state index contributed by atoms with van der Waals surface area (Å²) in [5.74, 6) is 0.834. The van der Waals surface area contributed by atoms with Crippen molar-refractivity contribution in [1.82, 2.24) is 14.3 Å². The summed E-state index contributed by atoms with van der Waals surface area (Å²) < 4.78 is 5.63. The van der Waals surface area contributed by atoms with Crippen LogP contribution < -0.4 is 4.90 Å². The standard InChI is InChI=1S/C18H23BrN4S/c19-16-7-3-2-6-15(16)17-20-18(24-21-17)23-12-8-14(9-13-23)22-10-4-1-5-11-22/h2-3,6-7,14H,1,4-5,8-13H2. The van der Waals surface area contributed by atoms with Gasteiger partial charge in [-0.25, -0.2) is 0 Å². The first-order valence-electron chi connectivity index (χ1n) is 8.89. The highest BCUT2D eigenvalue weighted by Crippen LogP contribution is 2.31. The van der Waals surface area contributed by atoms with E-state index in [1.54, 1.807) is 0 Å². The van der Waals surface area contributed by atoms with Crippen LogP contribution in [0.4, 0.5) is 5.13 Å². The Morgan fingerprint density at radius 2 is 1.75 bits per heavy atom. The maximum absolute atomic E-state index is 4.79. The van der Waals surface area contributed by atoms with E-state index >= 15 is 0 Å². The van der Waals surface area contributed by atoms with Crippen molar-refractivity contribution in [2.45, 2.75) is 38.1 Å². The Hall–Kier alpha value is -0.980. The number of anilines is 1. The lowest BCUT2D eigenvalue weighted by Gasteiger charge is -2.40. The van der Waals surface area contributed by atoms with Gasteiger partial charge >= 0.3 is 0 Å². The maximum atomic E-state index is 4.79. The van der Waals surface area contributed by atoms with Gasteiger partial charge in [-0.05, 0) is 44.8 Å². The predicted molar refractivity (Wildman–Crippen MR) is 104 cm³/mol. The molecule has 1 aromatic heterocycles. The van der Waals surface area contributed by atoms with E-state index < -0.39 is 0 Å². The predicted octanol–water partition coefficient (Wildman–Crippen LogP) is 4.42. The van der Waals surface area contributed by atoms with Gasteiger partial charge in [0.1, 0.15) is 0 Å². The maximum Gasteiger partial charge on any atom is 0.205 e. The number of likely N-dealkylation sites (tertiary alicyclic amines) is 1. The Kier molecular flexibility index (Phi) is 5.15. The van der Waals surface area contributed by atoms with Gasteiger partial charge in [-0.3, -0.25) is 0 Å². The van der Waals surface area contributed by atoms with Crippen molar-refractivity contribution in [1.29, 1.82) is 0 Å². The van der Waals surface area contributed by atoms with Crippen molar-refractivity contribution in [3.8, 4) is 11.4 Å². The van der Waals surface area contributed by atoms with Gasteiger partial charge in [-0.2, -0.15) is 9.36 Å². The quantitative estimate of drug-likeness (QED) is 0.754. The van der Waals surface area contributed by atoms with Crippen LogP contribution in [0.5, 0.6) is 0 Å². The average molecular weight is 407 g/mol. The van der Waals surface area contributed by atoms with Crippen LogP contribution in [0, 0.1) is 0 Å². The lowest BCUT2D eigenvalue weighted by atomic mass is 10.0. The Morgan fingerprint density at radius 1 is 1.00 bits per heavy atom. The fourth-order valence-electron chi connectivity index (χ4n) is 3.80. The summed E-state index contributed by atoms with van der Waals surface area (Å²) in [5, 5.41) is 1.07. The Bertz CT molecular complexity index is 675. The second-order valence-electron chi connectivity index (χ2n) is 6.70. The average Bonchev–Trinajstić information content (AvgIpc) is 3.13. The third kappa shape index (κ3) is 3.51. The van der Waals surface area contributed by atoms with Gasteiger partial charge in [-0.1, -0.05) is 40.5 Å². The topological polar surface area (TPSA) is 32.3 Å². The molecule has 0 atom stereocenters. The molecule has 0 bridgehead atoms. The number of rotatable bonds is 3. The van der Waals surface area contributed by atoms with Crippen molar-refractivity contribution in [3.63, 3.8) is 0 Å². The van der Waals surface area contributed by atoms with Crippen molar-refractivity contribution in [3.05, 3.63) is 28.7 Å². The van der Waals surface area contributed by atoms with Crippen LogP contribution in [0.15, 0.2) is 28.7 Å². The van der Waals surface area contributed by atoms with Gasteiger partial charge in [0.2, 0.25) is 5.13 Å². The first kappa shape index (κ1) is 16.5. The number of nitrogens with zero attached hydrogens (tertiary/aromatic N) is 4. The molecule has 0 saturated carbocycles. The van der Waals surface area contributed by atoms with E-state index in [4.69, 9.17) is 4.98 Å². The molecule has 1 aromatic carbocycles. The van der Waals surface area contributed by atoms with Crippen LogP contribution in [-0.4, -0.2) is 46.5 Å². The van der Waals surface area contributed by atoms with Crippen molar-refractivity contribution < 1.29 is 0 Å². The zero-order chi connectivity index (χ0) is 16.4. The zero-order valence-electron chi connectivity index (χ0n) is 13.8. The number of hydrogen-bond donors (Lipinski definition) is 0. The first-order chi connectivity index (χ1) is 11.8. The van der Waals surface area contributed by atoms with Crippen molar-refractivity contribution in [2.75, 3.05) is 31.1 Å². The van der Waals surface area contributed by atoms with Gasteiger partial charge in [0.05, 0.1) is 0 Å². The molecule has 0 amide bonds. The molecule has 128 valence electrons. The fraction of sp³-hybridized carbons (Fsp3) is 0.556. The Labute approximate surface area is 156 Å². The van der Waals surface area contributed by atoms with Crippen LogP contribution in [0.1, 0.15) is 32.1 Å². The monoisotopic (exact) mass is 406 g/mol. The molecule has 2 aliphatic heterocycles. The molecule has 0 aliphatic carbocycles. The molecule has 2 saturated heterocycles. The molecule has 0 spiro atoms. The minimum atomic E-state index is 0.775. The van der Waals surface area contributed by atoms with Gasteiger partial charge < -0.3 is 9.80 Å². The minimum Gasteiger partial charge on any atom is -0.347 e. The van der Waals surface area contributed by atoms with Crippen LogP contribution in [0.25, 0.3) is 11.4 Å². The number of benzene rings is 1. The fourth-order valence-corrected chi connectivity index (χ4v) is 5.00. The smallest absolute Gasteiger partial charge is 0.205 e. The highest BCUT2D eigenvalue weighted by Gasteiger charge is 2.27. The first-order valence-corrected chi connectivity index (χ1v) is 10.5. The molecule has 0 radical (unpaired) electrons. The normalized spacial score (nSPS) is 20.5. The molecule has 0 N–H and O–H groups in total. The van der Waals surface area contributed by atoms with Crippen LogP contribution in [0.3, 0.4) is 0 Å². The summed E-state index contributed by atoms with van der Waals surface area (Å²) in [6.45, 7) is 4.81. The minimum absolute atomic E-state index is 0.775. The van der Waals surface area contributed by atoms with E-state index in [-0.39, 0.29) is 0 Å². The lowest BCUT2D eigenvalue weighted by Crippen LogP contribution is -2.46. The summed E-state index contributed by atoms with van der Waals surface area (Å²) in [6, 6.07) is 8.94. The summed E-state index contributed by atoms with van der Waals surface area (Å²) in [5.41, 5.74) is 1.07. The molecule has 0 unspecified atom stereocenters. The summed E-state index contributed by atoms with van der Waals surface area (Å²) in [6.07, 6.45) is 6.68. The zero-order valence-corrected chi connectivity index (χ0v) is 16.2. The van der Waals surface area contributed by atoms with E-state index in [1.165, 1.54) is 56.7 Å². The van der Waals surface area contributed by atoms with Gasteiger partial charge in [0, 0.05) is 40.7 Å². The number of piperidine rings is 2. The van der Waals surface area contributed by atoms with Crippen LogP contribution >= 0.6 is 27.5 Å². The molecule has 4 rings (SSSR count). The Morgan fingerprint density at radius 3 is 2.50 bits per heavy atom. The van der Waals surface area contributed by atoms with E-state index in [2.05, 4.69) is 36.2 Å². The second-order valence-corrected chi connectivity index (χ2v) is 8.28. The lowest BCUT2D eigenvalue weighted by molar-refractivity contribution is 0.141. The molecule has 6 heteroatoms. The highest BCUT2D eigenvalue weighted by atomic mass is 79.9. The SMILES string of the molecule is Brc1ccccc1-c1nsc(N2CCC(N3CCCCC3)CC2)n1. The summed E-state index contributed by atoms with van der Waals surface area (Å²) >= 11 is 5.12. The number of halogens is 1. The van der Waals surface area contributed by atoms with Gasteiger partial charge in [0.15, 0.2) is 5.82 Å². The number of hydrogen-bond acceptors (Lipinski definition) is 5. The van der Waals surface area contributed by atoms with E-state index in [1.807, 2.05) is 18.2 Å². The third-order valence-corrected chi connectivity index (χ3v) is 6.64. The van der Waals surface area contributed by atoms with Crippen LogP contribution in [0.2, 0.25) is 0 Å². The molecule has 4 nitrogen and oxygen atoms in total. The molecular formula is C18H23BrN4S. The number of aromatic nitrogens is 2. The third-order valence-electron chi connectivity index (χ3n) is 5.17. The molecular weight excluding hydrogens is 384 g/mol. The molecule has 2 fully saturated rings. The van der Waals surface area contributed by atoms with Gasteiger partial charge in [0.25, 0.3) is 0 Å². The summed E-state index contributed by atoms with van der Waals surface area (Å²) in [4.78, 5) is 9.92. The molecule has 2 aromatic rings. The summed E-state index contributed by atoms with van der Waals surface area (Å²) in [7, 11) is 0. The van der Waals surface area contributed by atoms with Crippen LogP contribution in [-0.2, 0) is 0 Å². The van der Waals surface area contributed by atoms with Gasteiger partial charge in [-0.15, -0.1) is 0 Å². The highest BCUT2D eigenvalue weighted by molar-refractivity contribution is 9.10. The van der Waals surface area contributed by atoms with E-state index in [0.29, 0.717) is 0 Å². The Balaban J connectivity index is 1.40.